The van der Waals surface area contributed by atoms with E-state index < -0.39 is 0 Å². The summed E-state index contributed by atoms with van der Waals surface area (Å²) in [7, 11) is 0. The largest absolute Gasteiger partial charge is 0.379 e. The lowest BCUT2D eigenvalue weighted by molar-refractivity contribution is 0.114. The Morgan fingerprint density at radius 3 is 2.80 bits per heavy atom. The van der Waals surface area contributed by atoms with Crippen LogP contribution in [0.2, 0.25) is 0 Å². The first-order valence-corrected chi connectivity index (χ1v) is 3.63. The summed E-state index contributed by atoms with van der Waals surface area (Å²) in [4.78, 5) is 0. The Kier molecular flexibility index (Phi) is 5.58. The zero-order valence-electron chi connectivity index (χ0n) is 6.64. The smallest absolute Gasteiger partial charge is 0.104 e. The van der Waals surface area contributed by atoms with Gasteiger partial charge in [0.1, 0.15) is 6.10 Å². The van der Waals surface area contributed by atoms with Crippen LogP contribution < -0.4 is 6.15 Å². The minimum atomic E-state index is 0. The Morgan fingerprint density at radius 2 is 2.30 bits per heavy atom. The quantitative estimate of drug-likeness (QED) is 0.472. The maximum absolute atomic E-state index is 5.27. The van der Waals surface area contributed by atoms with Gasteiger partial charge in [-0.15, -0.1) is 0 Å². The van der Waals surface area contributed by atoms with E-state index in [1.807, 2.05) is 0 Å². The van der Waals surface area contributed by atoms with E-state index in [4.69, 9.17) is 9.47 Å². The SMILES string of the molecule is CCCCOCC1CO1.N. The molecule has 1 saturated heterocycles. The molecule has 0 radical (unpaired) electrons. The molecule has 3 heteroatoms. The van der Waals surface area contributed by atoms with Crippen LogP contribution in [0, 0.1) is 0 Å². The van der Waals surface area contributed by atoms with Crippen LogP contribution in [0.1, 0.15) is 19.8 Å². The molecule has 0 aromatic heterocycles. The molecule has 1 heterocycles. The molecule has 0 spiro atoms. The van der Waals surface area contributed by atoms with Crippen molar-refractivity contribution in [2.45, 2.75) is 25.9 Å². The van der Waals surface area contributed by atoms with Gasteiger partial charge in [-0.3, -0.25) is 0 Å². The van der Waals surface area contributed by atoms with E-state index in [2.05, 4.69) is 6.92 Å². The van der Waals surface area contributed by atoms with Gasteiger partial charge in [-0.05, 0) is 6.42 Å². The van der Waals surface area contributed by atoms with Gasteiger partial charge in [0.15, 0.2) is 0 Å². The predicted octanol–water partition coefficient (Wildman–Crippen LogP) is 1.36. The highest BCUT2D eigenvalue weighted by Gasteiger charge is 2.21. The number of ether oxygens (including phenoxy) is 2. The summed E-state index contributed by atoms with van der Waals surface area (Å²) < 4.78 is 10.2. The lowest BCUT2D eigenvalue weighted by Gasteiger charge is -1.97. The van der Waals surface area contributed by atoms with Gasteiger partial charge in [0.25, 0.3) is 0 Å². The molecule has 0 aromatic carbocycles. The fourth-order valence-corrected chi connectivity index (χ4v) is 0.625. The van der Waals surface area contributed by atoms with E-state index in [-0.39, 0.29) is 6.15 Å². The first kappa shape index (κ1) is 9.88. The van der Waals surface area contributed by atoms with E-state index in [1.54, 1.807) is 0 Å². The highest BCUT2D eigenvalue weighted by Crippen LogP contribution is 2.08. The molecular weight excluding hydrogens is 130 g/mol. The third-order valence-electron chi connectivity index (χ3n) is 1.35. The molecule has 1 unspecified atom stereocenters. The van der Waals surface area contributed by atoms with Crippen LogP contribution in [0.25, 0.3) is 0 Å². The average Bonchev–Trinajstić information content (AvgIpc) is 2.63. The lowest BCUT2D eigenvalue weighted by atomic mass is 10.4. The van der Waals surface area contributed by atoms with E-state index in [1.165, 1.54) is 12.8 Å². The summed E-state index contributed by atoms with van der Waals surface area (Å²) in [6, 6.07) is 0. The van der Waals surface area contributed by atoms with Crippen LogP contribution >= 0.6 is 0 Å². The van der Waals surface area contributed by atoms with E-state index in [9.17, 15) is 0 Å². The molecule has 0 aromatic rings. The van der Waals surface area contributed by atoms with Crippen molar-refractivity contribution in [1.29, 1.82) is 0 Å². The highest BCUT2D eigenvalue weighted by molar-refractivity contribution is 4.66. The van der Waals surface area contributed by atoms with Crippen molar-refractivity contribution in [3.8, 4) is 0 Å². The first-order valence-electron chi connectivity index (χ1n) is 3.63. The maximum atomic E-state index is 5.27. The molecule has 3 N–H and O–H groups in total. The molecule has 10 heavy (non-hydrogen) atoms. The van der Waals surface area contributed by atoms with Crippen molar-refractivity contribution in [3.05, 3.63) is 0 Å². The standard InChI is InChI=1S/C7H14O2.H3N/c1-2-3-4-8-5-7-6-9-7;/h7H,2-6H2,1H3;1H3. The third kappa shape index (κ3) is 4.73. The lowest BCUT2D eigenvalue weighted by Crippen LogP contribution is -2.01. The van der Waals surface area contributed by atoms with E-state index in [0.29, 0.717) is 6.10 Å². The number of rotatable bonds is 5. The van der Waals surface area contributed by atoms with Gasteiger partial charge >= 0.3 is 0 Å². The van der Waals surface area contributed by atoms with Crippen molar-refractivity contribution in [1.82, 2.24) is 6.15 Å². The van der Waals surface area contributed by atoms with E-state index in [0.717, 1.165) is 19.8 Å². The van der Waals surface area contributed by atoms with Crippen LogP contribution in [-0.4, -0.2) is 25.9 Å². The molecule has 62 valence electrons. The van der Waals surface area contributed by atoms with Gasteiger partial charge in [0.2, 0.25) is 0 Å². The second-order valence-corrected chi connectivity index (χ2v) is 2.38. The Bertz CT molecular complexity index is 74.0. The summed E-state index contributed by atoms with van der Waals surface area (Å²) in [5.74, 6) is 0. The number of hydrogen-bond donors (Lipinski definition) is 1. The Labute approximate surface area is 62.3 Å². The number of unbranched alkanes of at least 4 members (excludes halogenated alkanes) is 1. The minimum Gasteiger partial charge on any atom is -0.379 e. The Morgan fingerprint density at radius 1 is 1.60 bits per heavy atom. The minimum absolute atomic E-state index is 0. The van der Waals surface area contributed by atoms with Crippen molar-refractivity contribution >= 4 is 0 Å². The van der Waals surface area contributed by atoms with Gasteiger partial charge in [-0.25, -0.2) is 0 Å². The molecule has 1 fully saturated rings. The average molecular weight is 147 g/mol. The molecule has 1 atom stereocenters. The zero-order valence-corrected chi connectivity index (χ0v) is 6.64. The summed E-state index contributed by atoms with van der Waals surface area (Å²) >= 11 is 0. The van der Waals surface area contributed by atoms with E-state index >= 15 is 0 Å². The number of hydrogen-bond acceptors (Lipinski definition) is 3. The summed E-state index contributed by atoms with van der Waals surface area (Å²) in [5, 5.41) is 0. The van der Waals surface area contributed by atoms with Crippen LogP contribution in [0.4, 0.5) is 0 Å². The van der Waals surface area contributed by atoms with Gasteiger partial charge in [0.05, 0.1) is 13.2 Å². The molecule has 3 nitrogen and oxygen atoms in total. The van der Waals surface area contributed by atoms with Crippen molar-refractivity contribution in [3.63, 3.8) is 0 Å². The topological polar surface area (TPSA) is 56.8 Å². The molecule has 0 saturated carbocycles. The van der Waals surface area contributed by atoms with Gasteiger partial charge in [-0.2, -0.15) is 0 Å². The Balaban J connectivity index is 0.000000810. The second kappa shape index (κ2) is 5.65. The van der Waals surface area contributed by atoms with Crippen LogP contribution in [0.15, 0.2) is 0 Å². The summed E-state index contributed by atoms with van der Waals surface area (Å²) in [5.41, 5.74) is 0. The normalized spacial score (nSPS) is 21.9. The molecule has 0 amide bonds. The summed E-state index contributed by atoms with van der Waals surface area (Å²) in [6.45, 7) is 4.78. The Hall–Kier alpha value is -0.120. The number of epoxide rings is 1. The molecule has 0 bridgehead atoms. The van der Waals surface area contributed by atoms with Crippen molar-refractivity contribution < 1.29 is 9.47 Å². The van der Waals surface area contributed by atoms with Crippen LogP contribution in [0.5, 0.6) is 0 Å². The van der Waals surface area contributed by atoms with Crippen molar-refractivity contribution in [2.75, 3.05) is 19.8 Å². The van der Waals surface area contributed by atoms with Crippen molar-refractivity contribution in [2.24, 2.45) is 0 Å². The van der Waals surface area contributed by atoms with Gasteiger partial charge in [0, 0.05) is 6.61 Å². The monoisotopic (exact) mass is 147 g/mol. The molecule has 1 aliphatic rings. The molecule has 1 aliphatic heterocycles. The second-order valence-electron chi connectivity index (χ2n) is 2.38. The fourth-order valence-electron chi connectivity index (χ4n) is 0.625. The third-order valence-corrected chi connectivity index (χ3v) is 1.35. The molecule has 0 aliphatic carbocycles. The fraction of sp³-hybridized carbons (Fsp3) is 1.00. The van der Waals surface area contributed by atoms with Crippen LogP contribution in [-0.2, 0) is 9.47 Å². The maximum Gasteiger partial charge on any atom is 0.104 e. The summed E-state index contributed by atoms with van der Waals surface area (Å²) in [6.07, 6.45) is 2.82. The molecule has 1 rings (SSSR count). The van der Waals surface area contributed by atoms with Gasteiger partial charge in [-0.1, -0.05) is 13.3 Å². The predicted molar refractivity (Wildman–Crippen MR) is 40.5 cm³/mol. The first-order chi connectivity index (χ1) is 4.43. The van der Waals surface area contributed by atoms with Gasteiger partial charge < -0.3 is 15.6 Å². The highest BCUT2D eigenvalue weighted by atomic mass is 16.6. The zero-order chi connectivity index (χ0) is 6.53. The van der Waals surface area contributed by atoms with Crippen LogP contribution in [0.3, 0.4) is 0 Å². The molecular formula is C7H17NO2.